The molecule has 0 bridgehead atoms. The lowest BCUT2D eigenvalue weighted by Crippen LogP contribution is -2.42. The molecule has 1 saturated heterocycles. The van der Waals surface area contributed by atoms with Crippen LogP contribution in [0.15, 0.2) is 71.3 Å². The summed E-state index contributed by atoms with van der Waals surface area (Å²) in [5.41, 5.74) is 1.39. The van der Waals surface area contributed by atoms with Crippen molar-refractivity contribution in [1.29, 1.82) is 0 Å². The molecule has 0 spiro atoms. The van der Waals surface area contributed by atoms with Crippen molar-refractivity contribution in [2.24, 2.45) is 17.8 Å². The second-order valence-electron chi connectivity index (χ2n) is 12.1. The van der Waals surface area contributed by atoms with Crippen LogP contribution in [0.3, 0.4) is 0 Å². The van der Waals surface area contributed by atoms with E-state index in [1.54, 1.807) is 40.7 Å². The van der Waals surface area contributed by atoms with Crippen molar-refractivity contribution in [2.45, 2.75) is 78.1 Å². The lowest BCUT2D eigenvalue weighted by atomic mass is 9.97. The fourth-order valence-electron chi connectivity index (χ4n) is 5.69. The maximum atomic E-state index is 12.7. The van der Waals surface area contributed by atoms with Gasteiger partial charge >= 0.3 is 18.0 Å². The van der Waals surface area contributed by atoms with E-state index >= 15 is 0 Å². The Kier molecular flexibility index (Phi) is 8.18. The topological polar surface area (TPSA) is 135 Å². The number of allylic oxidation sites excluding steroid dienone is 4. The molecule has 3 aliphatic carbocycles. The Bertz CT molecular complexity index is 1420. The summed E-state index contributed by atoms with van der Waals surface area (Å²) in [6.07, 6.45) is 13.8. The molecular weight excluding hydrogens is 558 g/mol. The highest BCUT2D eigenvalue weighted by Crippen LogP contribution is 2.42. The van der Waals surface area contributed by atoms with Gasteiger partial charge in [-0.2, -0.15) is 0 Å². The highest BCUT2D eigenvalue weighted by molar-refractivity contribution is 6.06. The number of imide groups is 1. The van der Waals surface area contributed by atoms with Crippen LogP contribution in [0.4, 0.5) is 4.79 Å². The Morgan fingerprint density at radius 2 is 1.42 bits per heavy atom. The molecule has 11 heteroatoms. The first-order chi connectivity index (χ1) is 20.3. The highest BCUT2D eigenvalue weighted by Gasteiger charge is 2.49. The molecule has 2 amide bonds. The van der Waals surface area contributed by atoms with Gasteiger partial charge in [0.15, 0.2) is 5.78 Å². The number of ketones is 1. The van der Waals surface area contributed by atoms with E-state index < -0.39 is 36.2 Å². The number of amides is 2. The maximum absolute atomic E-state index is 12.7. The van der Waals surface area contributed by atoms with Gasteiger partial charge in [-0.3, -0.25) is 9.59 Å². The van der Waals surface area contributed by atoms with Crippen LogP contribution in [0.25, 0.3) is 0 Å². The molecule has 6 atom stereocenters. The van der Waals surface area contributed by atoms with Crippen LogP contribution in [-0.4, -0.2) is 58.8 Å². The number of likely N-dealkylation sites (tertiary alicyclic amines) is 1. The van der Waals surface area contributed by atoms with Crippen molar-refractivity contribution < 1.29 is 47.7 Å². The van der Waals surface area contributed by atoms with Gasteiger partial charge in [0.2, 0.25) is 0 Å². The first-order valence-corrected chi connectivity index (χ1v) is 14.3. The van der Waals surface area contributed by atoms with Gasteiger partial charge in [0.05, 0.1) is 24.1 Å². The molecule has 43 heavy (non-hydrogen) atoms. The fraction of sp³-hybridized carbons (Fsp3) is 0.469. The summed E-state index contributed by atoms with van der Waals surface area (Å²) >= 11 is 0. The summed E-state index contributed by atoms with van der Waals surface area (Å²) in [5, 5.41) is 0. The van der Waals surface area contributed by atoms with Gasteiger partial charge < -0.3 is 23.7 Å². The molecule has 0 aromatic carbocycles. The Hall–Kier alpha value is -4.41. The summed E-state index contributed by atoms with van der Waals surface area (Å²) in [6.45, 7) is 8.54. The zero-order valence-electron chi connectivity index (χ0n) is 24.7. The third-order valence-electron chi connectivity index (χ3n) is 7.84. The van der Waals surface area contributed by atoms with Crippen LogP contribution in [0.2, 0.25) is 0 Å². The summed E-state index contributed by atoms with van der Waals surface area (Å²) in [6, 6.07) is -0.374. The molecule has 11 nitrogen and oxygen atoms in total. The zero-order valence-corrected chi connectivity index (χ0v) is 24.7. The monoisotopic (exact) mass is 593 g/mol. The number of esters is 2. The minimum atomic E-state index is -0.851. The lowest BCUT2D eigenvalue weighted by molar-refractivity contribution is -0.153. The first kappa shape index (κ1) is 30.1. The normalized spacial score (nSPS) is 32.3. The lowest BCUT2D eigenvalue weighted by Gasteiger charge is -2.25. The van der Waals surface area contributed by atoms with Crippen LogP contribution >= 0.6 is 0 Å². The molecule has 1 saturated carbocycles. The number of carbonyl (C=O) groups excluding carboxylic acids is 5. The standard InChI is InChI=1S/C18H21NO6.C14H14O4/c1-10-8-14(24-16(10)21)23-9-12-11-6-5-7-13(11)19(15(12)20)17(22)25-18(2,3)4;1-8-5-13(18-14(8)16)17-7-11-10-4-2-3-9(10)6-12(11)15/h5,7-9,11,13-14H,6H2,1-4H3;2-3,5,7,9-10,13H,4,6H2,1H3/b12-9+;11-7+. The van der Waals surface area contributed by atoms with E-state index in [2.05, 4.69) is 12.2 Å². The van der Waals surface area contributed by atoms with E-state index in [1.807, 2.05) is 12.2 Å². The minimum absolute atomic E-state index is 0.138. The SMILES string of the molecule is CC1=CC(O/C=C2/C(=O)CC3C=CCC23)OC1=O.CC1=CC(O/C=C2/C(=O)N(C(=O)OC(C)(C)C)C3C=CCC23)OC1=O. The van der Waals surface area contributed by atoms with E-state index in [1.165, 1.54) is 18.6 Å². The van der Waals surface area contributed by atoms with E-state index in [0.29, 0.717) is 35.5 Å². The van der Waals surface area contributed by atoms with Gasteiger partial charge in [0.1, 0.15) is 5.60 Å². The Morgan fingerprint density at radius 1 is 0.860 bits per heavy atom. The van der Waals surface area contributed by atoms with Gasteiger partial charge in [-0.05, 0) is 53.4 Å². The van der Waals surface area contributed by atoms with Crippen LogP contribution in [0.1, 0.15) is 53.9 Å². The number of rotatable bonds is 4. The Morgan fingerprint density at radius 3 is 1.98 bits per heavy atom. The van der Waals surface area contributed by atoms with Crippen molar-refractivity contribution in [1.82, 2.24) is 4.90 Å². The molecule has 6 unspecified atom stereocenters. The van der Waals surface area contributed by atoms with Crippen molar-refractivity contribution >= 4 is 29.7 Å². The number of Topliss-reactive ketones (excluding diaryl/α,β-unsaturated/α-hetero) is 1. The molecule has 6 rings (SSSR count). The Balaban J connectivity index is 0.000000180. The number of carbonyl (C=O) groups is 5. The predicted octanol–water partition coefficient (Wildman–Crippen LogP) is 4.32. The molecule has 0 aromatic rings. The van der Waals surface area contributed by atoms with Crippen LogP contribution in [-0.2, 0) is 42.9 Å². The summed E-state index contributed by atoms with van der Waals surface area (Å²) in [7, 11) is 0. The third-order valence-corrected chi connectivity index (χ3v) is 7.84. The maximum Gasteiger partial charge on any atom is 0.417 e. The predicted molar refractivity (Wildman–Crippen MR) is 150 cm³/mol. The second-order valence-corrected chi connectivity index (χ2v) is 12.1. The van der Waals surface area contributed by atoms with Gasteiger partial charge in [0.25, 0.3) is 18.5 Å². The molecular formula is C32H35NO10. The number of fused-ring (bicyclic) bond motifs is 2. The van der Waals surface area contributed by atoms with Crippen molar-refractivity contribution in [3.05, 3.63) is 71.3 Å². The van der Waals surface area contributed by atoms with Gasteiger partial charge in [0, 0.05) is 47.1 Å². The molecule has 6 aliphatic rings. The van der Waals surface area contributed by atoms with Crippen LogP contribution < -0.4 is 0 Å². The fourth-order valence-corrected chi connectivity index (χ4v) is 5.69. The van der Waals surface area contributed by atoms with E-state index in [9.17, 15) is 24.0 Å². The number of hydrogen-bond acceptors (Lipinski definition) is 10. The van der Waals surface area contributed by atoms with Crippen molar-refractivity contribution in [2.75, 3.05) is 0 Å². The average Bonchev–Trinajstić information content (AvgIpc) is 3.74. The van der Waals surface area contributed by atoms with Crippen molar-refractivity contribution in [3.63, 3.8) is 0 Å². The van der Waals surface area contributed by atoms with Crippen LogP contribution in [0.5, 0.6) is 0 Å². The highest BCUT2D eigenvalue weighted by atomic mass is 16.7. The molecule has 0 aromatic heterocycles. The Labute approximate surface area is 249 Å². The van der Waals surface area contributed by atoms with E-state index in [4.69, 9.17) is 23.7 Å². The molecule has 0 N–H and O–H groups in total. The quantitative estimate of drug-likeness (QED) is 0.152. The number of cyclic esters (lactones) is 2. The molecule has 2 fully saturated rings. The van der Waals surface area contributed by atoms with Crippen LogP contribution in [0, 0.1) is 17.8 Å². The second kappa shape index (κ2) is 11.7. The summed E-state index contributed by atoms with van der Waals surface area (Å²) < 4.78 is 26.1. The third kappa shape index (κ3) is 6.35. The van der Waals surface area contributed by atoms with E-state index in [-0.39, 0.29) is 29.6 Å². The van der Waals surface area contributed by atoms with Gasteiger partial charge in [-0.25, -0.2) is 19.3 Å². The first-order valence-electron chi connectivity index (χ1n) is 14.3. The zero-order chi connectivity index (χ0) is 31.1. The molecule has 228 valence electrons. The molecule has 3 heterocycles. The smallest absolute Gasteiger partial charge is 0.417 e. The molecule has 3 aliphatic heterocycles. The van der Waals surface area contributed by atoms with Crippen molar-refractivity contribution in [3.8, 4) is 0 Å². The van der Waals surface area contributed by atoms with E-state index in [0.717, 1.165) is 16.9 Å². The average molecular weight is 594 g/mol. The number of ether oxygens (including phenoxy) is 5. The minimum Gasteiger partial charge on any atom is -0.458 e. The largest absolute Gasteiger partial charge is 0.458 e. The number of hydrogen-bond donors (Lipinski definition) is 0. The number of nitrogens with zero attached hydrogens (tertiary/aromatic N) is 1. The molecule has 0 radical (unpaired) electrons. The van der Waals surface area contributed by atoms with Gasteiger partial charge in [-0.15, -0.1) is 0 Å². The van der Waals surface area contributed by atoms with Gasteiger partial charge in [-0.1, -0.05) is 24.3 Å². The summed E-state index contributed by atoms with van der Waals surface area (Å²) in [5.74, 6) is -0.718. The summed E-state index contributed by atoms with van der Waals surface area (Å²) in [4.78, 5) is 60.6.